The molecule has 4 aromatic rings. The highest BCUT2D eigenvalue weighted by atomic mass is 15.3. The van der Waals surface area contributed by atoms with Crippen LogP contribution in [0.3, 0.4) is 0 Å². The van der Waals surface area contributed by atoms with Crippen LogP contribution in [0.25, 0.3) is 17.1 Å². The molecule has 2 aromatic heterocycles. The second-order valence-corrected chi connectivity index (χ2v) is 6.07. The van der Waals surface area contributed by atoms with E-state index >= 15 is 0 Å². The molecule has 0 unspecified atom stereocenters. The van der Waals surface area contributed by atoms with E-state index in [2.05, 4.69) is 67.4 Å². The second-order valence-electron chi connectivity index (χ2n) is 6.07. The monoisotopic (exact) mass is 328 g/mol. The number of nitrogens with zero attached hydrogens (tertiary/aromatic N) is 5. The Morgan fingerprint density at radius 1 is 1.08 bits per heavy atom. The maximum Gasteiger partial charge on any atom is 0.160 e. The first-order valence-electron chi connectivity index (χ1n) is 8.20. The summed E-state index contributed by atoms with van der Waals surface area (Å²) in [6, 6.07) is 16.7. The SMILES string of the molecule is c1ccc(CNc2ccc3c(c2)-c2ncnn2Cc2cncn2-3)cc1. The van der Waals surface area contributed by atoms with Crippen molar-refractivity contribution in [3.8, 4) is 17.1 Å². The van der Waals surface area contributed by atoms with Gasteiger partial charge >= 0.3 is 0 Å². The first kappa shape index (κ1) is 14.0. The van der Waals surface area contributed by atoms with Crippen LogP contribution < -0.4 is 5.32 Å². The zero-order valence-electron chi connectivity index (χ0n) is 13.5. The summed E-state index contributed by atoms with van der Waals surface area (Å²) < 4.78 is 4.02. The number of aromatic nitrogens is 5. The van der Waals surface area contributed by atoms with Crippen molar-refractivity contribution in [1.29, 1.82) is 0 Å². The summed E-state index contributed by atoms with van der Waals surface area (Å²) in [5.41, 5.74) is 5.52. The molecule has 0 saturated carbocycles. The molecule has 2 aromatic carbocycles. The molecule has 3 heterocycles. The van der Waals surface area contributed by atoms with Crippen LogP contribution in [0.4, 0.5) is 5.69 Å². The molecular weight excluding hydrogens is 312 g/mol. The lowest BCUT2D eigenvalue weighted by Gasteiger charge is -2.12. The molecule has 1 N–H and O–H groups in total. The molecule has 6 nitrogen and oxygen atoms in total. The van der Waals surface area contributed by atoms with Crippen molar-refractivity contribution < 1.29 is 0 Å². The second kappa shape index (κ2) is 5.59. The number of anilines is 1. The van der Waals surface area contributed by atoms with Crippen molar-refractivity contribution in [2.24, 2.45) is 0 Å². The van der Waals surface area contributed by atoms with Crippen LogP contribution in [-0.4, -0.2) is 24.3 Å². The van der Waals surface area contributed by atoms with Crippen molar-refractivity contribution in [3.05, 3.63) is 78.6 Å². The number of imidazole rings is 1. The van der Waals surface area contributed by atoms with Crippen LogP contribution >= 0.6 is 0 Å². The summed E-state index contributed by atoms with van der Waals surface area (Å²) in [5, 5.41) is 7.85. The average Bonchev–Trinajstić information content (AvgIpc) is 3.29. The molecule has 0 radical (unpaired) electrons. The molecule has 0 aliphatic carbocycles. The minimum Gasteiger partial charge on any atom is -0.381 e. The van der Waals surface area contributed by atoms with Gasteiger partial charge in [0.1, 0.15) is 6.33 Å². The Labute approximate surface area is 144 Å². The molecule has 122 valence electrons. The van der Waals surface area contributed by atoms with Gasteiger partial charge < -0.3 is 9.88 Å². The minimum absolute atomic E-state index is 0.663. The number of rotatable bonds is 3. The lowest BCUT2D eigenvalue weighted by molar-refractivity contribution is 0.677. The van der Waals surface area contributed by atoms with Crippen molar-refractivity contribution in [1.82, 2.24) is 24.3 Å². The van der Waals surface area contributed by atoms with Crippen molar-refractivity contribution in [3.63, 3.8) is 0 Å². The van der Waals surface area contributed by atoms with Crippen molar-refractivity contribution >= 4 is 5.69 Å². The van der Waals surface area contributed by atoms with E-state index in [1.807, 2.05) is 23.3 Å². The first-order chi connectivity index (χ1) is 12.4. The third-order valence-electron chi connectivity index (χ3n) is 4.48. The largest absolute Gasteiger partial charge is 0.381 e. The fourth-order valence-electron chi connectivity index (χ4n) is 3.23. The number of benzene rings is 2. The fraction of sp³-hybridized carbons (Fsp3) is 0.105. The zero-order chi connectivity index (χ0) is 16.6. The Hall–Kier alpha value is -3.41. The Bertz CT molecular complexity index is 1030. The maximum absolute atomic E-state index is 4.47. The van der Waals surface area contributed by atoms with Gasteiger partial charge in [0.2, 0.25) is 0 Å². The van der Waals surface area contributed by atoms with E-state index in [1.165, 1.54) is 5.56 Å². The smallest absolute Gasteiger partial charge is 0.160 e. The molecule has 6 heteroatoms. The van der Waals surface area contributed by atoms with E-state index in [0.717, 1.165) is 35.0 Å². The van der Waals surface area contributed by atoms with Gasteiger partial charge in [-0.1, -0.05) is 30.3 Å². The molecular formula is C19H16N6. The van der Waals surface area contributed by atoms with E-state index in [4.69, 9.17) is 0 Å². The molecule has 0 amide bonds. The quantitative estimate of drug-likeness (QED) is 0.553. The van der Waals surface area contributed by atoms with Crippen molar-refractivity contribution in [2.75, 3.05) is 5.32 Å². The Kier molecular flexibility index (Phi) is 3.13. The van der Waals surface area contributed by atoms with Gasteiger partial charge in [0.05, 0.1) is 30.5 Å². The number of hydrogen-bond acceptors (Lipinski definition) is 4. The Morgan fingerprint density at radius 3 is 2.92 bits per heavy atom. The van der Waals surface area contributed by atoms with E-state index in [9.17, 15) is 0 Å². The van der Waals surface area contributed by atoms with Crippen LogP contribution in [0.2, 0.25) is 0 Å². The molecule has 0 fully saturated rings. The summed E-state index contributed by atoms with van der Waals surface area (Å²) in [7, 11) is 0. The summed E-state index contributed by atoms with van der Waals surface area (Å²) >= 11 is 0. The van der Waals surface area contributed by atoms with Crippen LogP contribution in [0, 0.1) is 0 Å². The molecule has 0 atom stereocenters. The van der Waals surface area contributed by atoms with Gasteiger partial charge in [-0.15, -0.1) is 0 Å². The predicted octanol–water partition coefficient (Wildman–Crippen LogP) is 3.10. The van der Waals surface area contributed by atoms with Crippen LogP contribution in [0.5, 0.6) is 0 Å². The lowest BCUT2D eigenvalue weighted by Crippen LogP contribution is -2.03. The van der Waals surface area contributed by atoms with Crippen LogP contribution in [0.15, 0.2) is 67.4 Å². The maximum atomic E-state index is 4.47. The van der Waals surface area contributed by atoms with Gasteiger partial charge in [-0.25, -0.2) is 14.6 Å². The molecule has 1 aliphatic rings. The van der Waals surface area contributed by atoms with Gasteiger partial charge in [0.25, 0.3) is 0 Å². The third kappa shape index (κ3) is 2.39. The Balaban J connectivity index is 1.55. The number of nitrogens with one attached hydrogen (secondary N) is 1. The average molecular weight is 328 g/mol. The number of hydrogen-bond donors (Lipinski definition) is 1. The van der Waals surface area contributed by atoms with Gasteiger partial charge in [-0.2, -0.15) is 5.10 Å². The Morgan fingerprint density at radius 2 is 2.00 bits per heavy atom. The summed E-state index contributed by atoms with van der Waals surface area (Å²) in [4.78, 5) is 8.76. The molecule has 25 heavy (non-hydrogen) atoms. The van der Waals surface area contributed by atoms with E-state index in [0.29, 0.717) is 6.54 Å². The normalized spacial score (nSPS) is 12.0. The minimum atomic E-state index is 0.663. The topological polar surface area (TPSA) is 60.6 Å². The van der Waals surface area contributed by atoms with E-state index in [-0.39, 0.29) is 0 Å². The van der Waals surface area contributed by atoms with Gasteiger partial charge in [0.15, 0.2) is 5.82 Å². The summed E-state index contributed by atoms with van der Waals surface area (Å²) in [6.45, 7) is 1.44. The highest BCUT2D eigenvalue weighted by Gasteiger charge is 2.20. The standard InChI is InChI=1S/C19H16N6/c1-2-4-14(5-3-1)9-21-15-6-7-18-17(8-15)19-22-12-23-25(19)11-16-10-20-13-24(16)18/h1-8,10,12-13,21H,9,11H2. The zero-order valence-corrected chi connectivity index (χ0v) is 13.5. The molecule has 0 bridgehead atoms. The summed E-state index contributed by atoms with van der Waals surface area (Å²) in [5.74, 6) is 0.877. The summed E-state index contributed by atoms with van der Waals surface area (Å²) in [6.07, 6.45) is 5.33. The highest BCUT2D eigenvalue weighted by Crippen LogP contribution is 2.32. The molecule has 0 saturated heterocycles. The lowest BCUT2D eigenvalue weighted by atomic mass is 10.1. The molecule has 5 rings (SSSR count). The predicted molar refractivity (Wildman–Crippen MR) is 95.5 cm³/mol. The third-order valence-corrected chi connectivity index (χ3v) is 4.48. The number of fused-ring (bicyclic) bond motifs is 5. The molecule has 0 spiro atoms. The van der Waals surface area contributed by atoms with Crippen LogP contribution in [0.1, 0.15) is 11.3 Å². The molecule has 1 aliphatic heterocycles. The first-order valence-corrected chi connectivity index (χ1v) is 8.20. The highest BCUT2D eigenvalue weighted by molar-refractivity contribution is 5.73. The van der Waals surface area contributed by atoms with Gasteiger partial charge in [-0.05, 0) is 23.8 Å². The van der Waals surface area contributed by atoms with E-state index in [1.54, 1.807) is 6.33 Å². The van der Waals surface area contributed by atoms with Crippen molar-refractivity contribution in [2.45, 2.75) is 13.1 Å². The van der Waals surface area contributed by atoms with Crippen LogP contribution in [-0.2, 0) is 13.1 Å². The van der Waals surface area contributed by atoms with Gasteiger partial charge in [-0.3, -0.25) is 0 Å². The fourth-order valence-corrected chi connectivity index (χ4v) is 3.23. The van der Waals surface area contributed by atoms with E-state index < -0.39 is 0 Å². The van der Waals surface area contributed by atoms with Gasteiger partial charge in [0, 0.05) is 17.8 Å².